The van der Waals surface area contributed by atoms with Crippen LogP contribution in [0.2, 0.25) is 0 Å². The lowest BCUT2D eigenvalue weighted by Gasteiger charge is -2.06. The van der Waals surface area contributed by atoms with Gasteiger partial charge in [0.2, 0.25) is 0 Å². The van der Waals surface area contributed by atoms with Crippen LogP contribution >= 0.6 is 0 Å². The van der Waals surface area contributed by atoms with Gasteiger partial charge in [0.15, 0.2) is 5.69 Å². The monoisotopic (exact) mass is 334 g/mol. The molecule has 0 spiro atoms. The van der Waals surface area contributed by atoms with Crippen molar-refractivity contribution in [3.05, 3.63) is 76.2 Å². The van der Waals surface area contributed by atoms with Crippen LogP contribution in [0.1, 0.15) is 22.5 Å². The first-order valence-electron chi connectivity index (χ1n) is 7.98. The van der Waals surface area contributed by atoms with Gasteiger partial charge in [-0.2, -0.15) is 10.2 Å². The highest BCUT2D eigenvalue weighted by atomic mass is 16.2. The predicted molar refractivity (Wildman–Crippen MR) is 97.7 cm³/mol. The van der Waals surface area contributed by atoms with E-state index < -0.39 is 5.91 Å². The molecule has 3 rings (SSSR count). The van der Waals surface area contributed by atoms with Crippen molar-refractivity contribution in [2.45, 2.75) is 12.8 Å². The molecule has 0 aliphatic rings. The van der Waals surface area contributed by atoms with Crippen molar-refractivity contribution in [1.29, 1.82) is 0 Å². The van der Waals surface area contributed by atoms with E-state index >= 15 is 0 Å². The van der Waals surface area contributed by atoms with Crippen LogP contribution in [0.25, 0.3) is 10.8 Å². The molecule has 126 valence electrons. The molecule has 1 heterocycles. The molecule has 6 heteroatoms. The van der Waals surface area contributed by atoms with E-state index in [1.54, 1.807) is 30.5 Å². The number of hydrogen-bond acceptors (Lipinski definition) is 4. The number of nitrogens with one attached hydrogen (secondary N) is 1. The van der Waals surface area contributed by atoms with E-state index in [1.165, 1.54) is 12.6 Å². The zero-order valence-electron chi connectivity index (χ0n) is 13.8. The molecule has 6 nitrogen and oxygen atoms in total. The summed E-state index contributed by atoms with van der Waals surface area (Å²) in [5, 5.41) is 9.01. The highest BCUT2D eigenvalue weighted by Crippen LogP contribution is 2.12. The molecular formula is C19H18N4O2. The highest BCUT2D eigenvalue weighted by molar-refractivity contribution is 6.04. The second kappa shape index (κ2) is 7.53. The Hall–Kier alpha value is -3.28. The summed E-state index contributed by atoms with van der Waals surface area (Å²) < 4.78 is 1.16. The minimum atomic E-state index is -0.442. The first-order chi connectivity index (χ1) is 12.2. The van der Waals surface area contributed by atoms with Gasteiger partial charge in [-0.05, 0) is 24.5 Å². The Morgan fingerprint density at radius 1 is 1.12 bits per heavy atom. The molecule has 1 N–H and O–H groups in total. The van der Waals surface area contributed by atoms with Crippen LogP contribution in [0, 0.1) is 0 Å². The lowest BCUT2D eigenvalue weighted by Crippen LogP contribution is -2.27. The molecule has 0 fully saturated rings. The summed E-state index contributed by atoms with van der Waals surface area (Å²) in [5.74, 6) is -0.442. The Morgan fingerprint density at radius 3 is 2.56 bits per heavy atom. The summed E-state index contributed by atoms with van der Waals surface area (Å²) in [7, 11) is 1.52. The average Bonchev–Trinajstić information content (AvgIpc) is 2.65. The molecule has 0 aliphatic heterocycles. The Kier molecular flexibility index (Phi) is 4.99. The Labute approximate surface area is 144 Å². The standard InChI is InChI=1S/C19H18N4O2/c1-23-19(25)16-12-6-5-11-15(16)17(22-23)18(24)21-20-13-7-10-14-8-3-2-4-9-14/h2-6,8-9,11-13H,7,10H2,1H3,(H,21,24)/b20-13-. The van der Waals surface area contributed by atoms with Crippen molar-refractivity contribution in [1.82, 2.24) is 15.2 Å². The second-order valence-corrected chi connectivity index (χ2v) is 5.60. The number of hydrogen-bond donors (Lipinski definition) is 1. The van der Waals surface area contributed by atoms with E-state index in [0.29, 0.717) is 17.2 Å². The van der Waals surface area contributed by atoms with E-state index in [-0.39, 0.29) is 11.3 Å². The second-order valence-electron chi connectivity index (χ2n) is 5.60. The fourth-order valence-electron chi connectivity index (χ4n) is 2.57. The number of aromatic nitrogens is 2. The van der Waals surface area contributed by atoms with Gasteiger partial charge in [-0.3, -0.25) is 9.59 Å². The Bertz CT molecular complexity index is 978. The number of aryl methyl sites for hydroxylation is 2. The van der Waals surface area contributed by atoms with Gasteiger partial charge in [-0.1, -0.05) is 48.5 Å². The molecule has 2 aromatic carbocycles. The number of benzene rings is 2. The molecule has 25 heavy (non-hydrogen) atoms. The van der Waals surface area contributed by atoms with Gasteiger partial charge in [0.25, 0.3) is 11.5 Å². The van der Waals surface area contributed by atoms with Crippen molar-refractivity contribution in [3.63, 3.8) is 0 Å². The number of carbonyl (C=O) groups is 1. The zero-order chi connectivity index (χ0) is 17.6. The lowest BCUT2D eigenvalue weighted by molar-refractivity contribution is 0.0949. The predicted octanol–water partition coefficient (Wildman–Crippen LogP) is 2.28. The largest absolute Gasteiger partial charge is 0.292 e. The maximum atomic E-state index is 12.4. The van der Waals surface area contributed by atoms with Crippen molar-refractivity contribution < 1.29 is 4.79 Å². The molecule has 1 amide bonds. The molecule has 0 radical (unpaired) electrons. The summed E-state index contributed by atoms with van der Waals surface area (Å²) in [6.07, 6.45) is 3.22. The number of nitrogens with zero attached hydrogens (tertiary/aromatic N) is 3. The third kappa shape index (κ3) is 3.80. The van der Waals surface area contributed by atoms with E-state index in [2.05, 4.69) is 15.6 Å². The van der Waals surface area contributed by atoms with E-state index in [1.807, 2.05) is 30.3 Å². The highest BCUT2D eigenvalue weighted by Gasteiger charge is 2.14. The number of rotatable bonds is 5. The Balaban J connectivity index is 1.69. The van der Waals surface area contributed by atoms with Crippen LogP contribution < -0.4 is 11.0 Å². The van der Waals surface area contributed by atoms with Crippen LogP contribution in [0.4, 0.5) is 0 Å². The van der Waals surface area contributed by atoms with Crippen molar-refractivity contribution in [2.75, 3.05) is 0 Å². The average molecular weight is 334 g/mol. The number of hydrazone groups is 1. The van der Waals surface area contributed by atoms with Crippen LogP contribution in [0.5, 0.6) is 0 Å². The summed E-state index contributed by atoms with van der Waals surface area (Å²) in [5.41, 5.74) is 3.63. The van der Waals surface area contributed by atoms with Crippen molar-refractivity contribution >= 4 is 22.9 Å². The molecule has 0 aliphatic carbocycles. The van der Waals surface area contributed by atoms with Gasteiger partial charge in [0.1, 0.15) is 0 Å². The first-order valence-corrected chi connectivity index (χ1v) is 7.98. The minimum Gasteiger partial charge on any atom is -0.267 e. The number of carbonyl (C=O) groups excluding carboxylic acids is 1. The van der Waals surface area contributed by atoms with E-state index in [4.69, 9.17) is 0 Å². The van der Waals surface area contributed by atoms with Gasteiger partial charge >= 0.3 is 0 Å². The summed E-state index contributed by atoms with van der Waals surface area (Å²) in [4.78, 5) is 24.4. The van der Waals surface area contributed by atoms with Crippen LogP contribution in [0.3, 0.4) is 0 Å². The molecule has 1 aromatic heterocycles. The topological polar surface area (TPSA) is 76.3 Å². The number of amides is 1. The molecule has 3 aromatic rings. The summed E-state index contributed by atoms with van der Waals surface area (Å²) >= 11 is 0. The third-order valence-corrected chi connectivity index (χ3v) is 3.83. The van der Waals surface area contributed by atoms with E-state index in [9.17, 15) is 9.59 Å². The molecule has 0 bridgehead atoms. The van der Waals surface area contributed by atoms with Gasteiger partial charge in [0, 0.05) is 18.6 Å². The van der Waals surface area contributed by atoms with Crippen LogP contribution in [-0.2, 0) is 13.5 Å². The first kappa shape index (κ1) is 16.6. The van der Waals surface area contributed by atoms with Crippen LogP contribution in [-0.4, -0.2) is 21.9 Å². The fourth-order valence-corrected chi connectivity index (χ4v) is 2.57. The van der Waals surface area contributed by atoms with Crippen molar-refractivity contribution in [3.8, 4) is 0 Å². The van der Waals surface area contributed by atoms with E-state index in [0.717, 1.165) is 11.1 Å². The zero-order valence-corrected chi connectivity index (χ0v) is 13.8. The quantitative estimate of drug-likeness (QED) is 0.574. The van der Waals surface area contributed by atoms with Crippen LogP contribution in [0.15, 0.2) is 64.5 Å². The molecule has 0 saturated carbocycles. The van der Waals surface area contributed by atoms with Gasteiger partial charge in [0.05, 0.1) is 5.39 Å². The number of fused-ring (bicyclic) bond motifs is 1. The molecule has 0 atom stereocenters. The van der Waals surface area contributed by atoms with Crippen molar-refractivity contribution in [2.24, 2.45) is 12.1 Å². The Morgan fingerprint density at radius 2 is 1.80 bits per heavy atom. The minimum absolute atomic E-state index is 0.179. The van der Waals surface area contributed by atoms with Gasteiger partial charge < -0.3 is 0 Å². The maximum absolute atomic E-state index is 12.4. The summed E-state index contributed by atoms with van der Waals surface area (Å²) in [6.45, 7) is 0. The molecule has 0 saturated heterocycles. The molecular weight excluding hydrogens is 316 g/mol. The smallest absolute Gasteiger partial charge is 0.267 e. The SMILES string of the molecule is Cn1nc(C(=O)N/N=C\CCc2ccccc2)c2ccccc2c1=O. The maximum Gasteiger partial charge on any atom is 0.292 e. The normalized spacial score (nSPS) is 11.1. The van der Waals surface area contributed by atoms with Gasteiger partial charge in [-0.15, -0.1) is 0 Å². The fraction of sp³-hybridized carbons (Fsp3) is 0.158. The lowest BCUT2D eigenvalue weighted by atomic mass is 10.1. The summed E-state index contributed by atoms with van der Waals surface area (Å²) in [6, 6.07) is 17.0. The third-order valence-electron chi connectivity index (χ3n) is 3.83. The van der Waals surface area contributed by atoms with Gasteiger partial charge in [-0.25, -0.2) is 10.1 Å². The molecule has 0 unspecified atom stereocenters.